The van der Waals surface area contributed by atoms with Crippen LogP contribution in [0.5, 0.6) is 0 Å². The molecule has 0 spiro atoms. The monoisotopic (exact) mass is 250 g/mol. The molecule has 0 aromatic rings. The van der Waals surface area contributed by atoms with Gasteiger partial charge >= 0.3 is 11.9 Å². The number of ether oxygens (including phenoxy) is 1. The summed E-state index contributed by atoms with van der Waals surface area (Å²) in [6, 6.07) is 0. The van der Waals surface area contributed by atoms with E-state index in [0.717, 1.165) is 6.42 Å². The molecular weight excluding hydrogens is 234 g/mol. The summed E-state index contributed by atoms with van der Waals surface area (Å²) in [5.41, 5.74) is 4.95. The first kappa shape index (κ1) is 13.8. The molecule has 0 aromatic carbocycles. The number of carbonyl (C=O) groups excluding carboxylic acids is 2. The fourth-order valence-electron chi connectivity index (χ4n) is 1.57. The topological polar surface area (TPSA) is 81.4 Å². The molecule has 1 saturated heterocycles. The van der Waals surface area contributed by atoms with Gasteiger partial charge in [0.15, 0.2) is 0 Å². The van der Waals surface area contributed by atoms with Gasteiger partial charge in [0.05, 0.1) is 6.42 Å². The van der Waals surface area contributed by atoms with E-state index in [0.29, 0.717) is 19.4 Å². The van der Waals surface area contributed by atoms with Crippen molar-refractivity contribution < 1.29 is 23.1 Å². The van der Waals surface area contributed by atoms with Crippen LogP contribution in [0.15, 0.2) is 0 Å². The Morgan fingerprint density at radius 3 is 2.76 bits per heavy atom. The van der Waals surface area contributed by atoms with E-state index < -0.39 is 24.4 Å². The van der Waals surface area contributed by atoms with Gasteiger partial charge in [0.1, 0.15) is 6.10 Å². The van der Waals surface area contributed by atoms with Crippen molar-refractivity contribution in [1.82, 2.24) is 5.32 Å². The van der Waals surface area contributed by atoms with Crippen LogP contribution in [0.1, 0.15) is 25.7 Å². The largest absolute Gasteiger partial charge is 0.456 e. The summed E-state index contributed by atoms with van der Waals surface area (Å²) in [7, 11) is 0. The molecule has 98 valence electrons. The molecule has 7 heteroatoms. The maximum Gasteiger partial charge on any atom is 0.377 e. The highest BCUT2D eigenvalue weighted by atomic mass is 19.3. The lowest BCUT2D eigenvalue weighted by molar-refractivity contribution is -0.159. The maximum absolute atomic E-state index is 12.8. The Bertz CT molecular complexity index is 297. The van der Waals surface area contributed by atoms with Gasteiger partial charge in [-0.05, 0) is 19.4 Å². The lowest BCUT2D eigenvalue weighted by Crippen LogP contribution is -2.28. The molecule has 0 aliphatic carbocycles. The highest BCUT2D eigenvalue weighted by molar-refractivity contribution is 5.79. The van der Waals surface area contributed by atoms with E-state index in [9.17, 15) is 18.4 Å². The van der Waals surface area contributed by atoms with Crippen LogP contribution in [0.4, 0.5) is 8.78 Å². The summed E-state index contributed by atoms with van der Waals surface area (Å²) >= 11 is 0. The Balaban J connectivity index is 2.05. The average Bonchev–Trinajstić information content (AvgIpc) is 2.46. The minimum atomic E-state index is -3.35. The molecule has 5 nitrogen and oxygen atoms in total. The van der Waals surface area contributed by atoms with Gasteiger partial charge < -0.3 is 15.8 Å². The van der Waals surface area contributed by atoms with Crippen molar-refractivity contribution in [2.45, 2.75) is 37.7 Å². The molecule has 17 heavy (non-hydrogen) atoms. The minimum absolute atomic E-state index is 0.206. The Morgan fingerprint density at radius 2 is 2.24 bits per heavy atom. The zero-order valence-corrected chi connectivity index (χ0v) is 9.38. The number of nitrogens with one attached hydrogen (secondary N) is 1. The molecule has 1 fully saturated rings. The number of esters is 1. The smallest absolute Gasteiger partial charge is 0.377 e. The second kappa shape index (κ2) is 5.90. The van der Waals surface area contributed by atoms with Gasteiger partial charge in [-0.15, -0.1) is 0 Å². The molecule has 1 atom stereocenters. The van der Waals surface area contributed by atoms with Crippen molar-refractivity contribution >= 4 is 11.9 Å². The van der Waals surface area contributed by atoms with Gasteiger partial charge in [-0.25, -0.2) is 4.79 Å². The van der Waals surface area contributed by atoms with Crippen LogP contribution in [0, 0.1) is 0 Å². The molecular formula is C10H16F2N2O3. The summed E-state index contributed by atoms with van der Waals surface area (Å²) < 4.78 is 30.0. The predicted molar refractivity (Wildman–Crippen MR) is 55.4 cm³/mol. The van der Waals surface area contributed by atoms with Crippen molar-refractivity contribution in [2.75, 3.05) is 13.1 Å². The van der Waals surface area contributed by atoms with Crippen molar-refractivity contribution in [3.8, 4) is 0 Å². The average molecular weight is 250 g/mol. The third-order valence-electron chi connectivity index (χ3n) is 2.46. The van der Waals surface area contributed by atoms with Gasteiger partial charge in [-0.2, -0.15) is 8.78 Å². The number of hydrogen-bond donors (Lipinski definition) is 2. The van der Waals surface area contributed by atoms with E-state index >= 15 is 0 Å². The Hall–Kier alpha value is -1.24. The second-order valence-corrected chi connectivity index (χ2v) is 4.06. The Labute approximate surface area is 97.7 Å². The van der Waals surface area contributed by atoms with Crippen molar-refractivity contribution in [3.05, 3.63) is 0 Å². The van der Waals surface area contributed by atoms with Crippen LogP contribution in [0.3, 0.4) is 0 Å². The zero-order valence-electron chi connectivity index (χ0n) is 9.38. The molecule has 1 aliphatic heterocycles. The van der Waals surface area contributed by atoms with E-state index in [-0.39, 0.29) is 12.5 Å². The zero-order chi connectivity index (χ0) is 12.9. The van der Waals surface area contributed by atoms with Gasteiger partial charge in [-0.1, -0.05) is 0 Å². The highest BCUT2D eigenvalue weighted by Gasteiger charge is 2.50. The van der Waals surface area contributed by atoms with E-state index in [2.05, 4.69) is 10.1 Å². The molecule has 1 rings (SSSR count). The number of alkyl halides is 2. The number of unbranched alkanes of at least 4 members (excludes halogenated alkanes) is 1. The number of amides is 1. The first-order valence-corrected chi connectivity index (χ1v) is 5.50. The van der Waals surface area contributed by atoms with E-state index in [1.54, 1.807) is 0 Å². The standard InChI is InChI=1S/C10H16F2N2O3/c11-10(12)5-7(17-9(10)16)6-14-4-2-1-3-8(13)15/h7,14H,1-6H2,(H2,13,15). The molecule has 1 amide bonds. The number of hydrogen-bond acceptors (Lipinski definition) is 4. The third-order valence-corrected chi connectivity index (χ3v) is 2.46. The number of nitrogens with two attached hydrogens (primary N) is 1. The SMILES string of the molecule is NC(=O)CCCCNCC1CC(F)(F)C(=O)O1. The summed E-state index contributed by atoms with van der Waals surface area (Å²) in [5, 5.41) is 2.90. The van der Waals surface area contributed by atoms with Crippen molar-refractivity contribution in [3.63, 3.8) is 0 Å². The number of halogens is 2. The molecule has 3 N–H and O–H groups in total. The molecule has 0 saturated carbocycles. The second-order valence-electron chi connectivity index (χ2n) is 4.06. The van der Waals surface area contributed by atoms with Gasteiger partial charge in [0.2, 0.25) is 5.91 Å². The lowest BCUT2D eigenvalue weighted by Gasteiger charge is -2.09. The first-order chi connectivity index (χ1) is 7.92. The minimum Gasteiger partial charge on any atom is -0.456 e. The fraction of sp³-hybridized carbons (Fsp3) is 0.800. The summed E-state index contributed by atoms with van der Waals surface area (Å²) in [5.74, 6) is -5.15. The molecule has 1 unspecified atom stereocenters. The number of carbonyl (C=O) groups is 2. The van der Waals surface area contributed by atoms with Crippen LogP contribution >= 0.6 is 0 Å². The first-order valence-electron chi connectivity index (χ1n) is 5.50. The highest BCUT2D eigenvalue weighted by Crippen LogP contribution is 2.30. The third kappa shape index (κ3) is 4.64. The van der Waals surface area contributed by atoms with Gasteiger partial charge in [0, 0.05) is 13.0 Å². The van der Waals surface area contributed by atoms with Gasteiger partial charge in [0.25, 0.3) is 0 Å². The molecule has 0 bridgehead atoms. The van der Waals surface area contributed by atoms with Crippen LogP contribution in [0.2, 0.25) is 0 Å². The van der Waals surface area contributed by atoms with E-state index in [1.165, 1.54) is 0 Å². The molecule has 1 aliphatic rings. The van der Waals surface area contributed by atoms with E-state index in [1.807, 2.05) is 0 Å². The maximum atomic E-state index is 12.8. The van der Waals surface area contributed by atoms with Crippen LogP contribution in [-0.2, 0) is 14.3 Å². The Kier molecular flexibility index (Phi) is 4.80. The van der Waals surface area contributed by atoms with Crippen LogP contribution in [-0.4, -0.2) is 37.0 Å². The van der Waals surface area contributed by atoms with E-state index in [4.69, 9.17) is 5.73 Å². The normalized spacial score (nSPS) is 22.5. The van der Waals surface area contributed by atoms with Crippen molar-refractivity contribution in [2.24, 2.45) is 5.73 Å². The molecule has 0 aromatic heterocycles. The van der Waals surface area contributed by atoms with Crippen LogP contribution < -0.4 is 11.1 Å². The lowest BCUT2D eigenvalue weighted by atomic mass is 10.2. The molecule has 0 radical (unpaired) electrons. The van der Waals surface area contributed by atoms with Crippen molar-refractivity contribution in [1.29, 1.82) is 0 Å². The number of primary amides is 1. The predicted octanol–water partition coefficient (Wildman–Crippen LogP) is 0.182. The quantitative estimate of drug-likeness (QED) is 0.499. The number of rotatable bonds is 7. The summed E-state index contributed by atoms with van der Waals surface area (Å²) in [6.07, 6.45) is 0.356. The number of cyclic esters (lactones) is 1. The van der Waals surface area contributed by atoms with Crippen LogP contribution in [0.25, 0.3) is 0 Å². The molecule has 1 heterocycles. The Morgan fingerprint density at radius 1 is 1.53 bits per heavy atom. The fourth-order valence-corrected chi connectivity index (χ4v) is 1.57. The summed E-state index contributed by atoms with van der Waals surface area (Å²) in [6.45, 7) is 0.783. The van der Waals surface area contributed by atoms with Gasteiger partial charge in [-0.3, -0.25) is 4.79 Å². The summed E-state index contributed by atoms with van der Waals surface area (Å²) in [4.78, 5) is 21.1.